The Balaban J connectivity index is 1.97. The molecule has 0 saturated heterocycles. The molecule has 126 valence electrons. The second-order valence-electron chi connectivity index (χ2n) is 6.55. The summed E-state index contributed by atoms with van der Waals surface area (Å²) in [5.74, 6) is 0. The van der Waals surface area contributed by atoms with E-state index in [9.17, 15) is 4.79 Å². The van der Waals surface area contributed by atoms with Crippen molar-refractivity contribution in [2.24, 2.45) is 0 Å². The molecule has 26 heavy (non-hydrogen) atoms. The Morgan fingerprint density at radius 2 is 1.27 bits per heavy atom. The van der Waals surface area contributed by atoms with Gasteiger partial charge in [-0.15, -0.1) is 11.3 Å². The van der Waals surface area contributed by atoms with Gasteiger partial charge in [0.05, 0.1) is 0 Å². The van der Waals surface area contributed by atoms with Gasteiger partial charge in [-0.05, 0) is 77.0 Å². The molecule has 0 aliphatic heterocycles. The molecule has 0 radical (unpaired) electrons. The zero-order chi connectivity index (χ0) is 18.0. The van der Waals surface area contributed by atoms with Gasteiger partial charge in [0.2, 0.25) is 0 Å². The summed E-state index contributed by atoms with van der Waals surface area (Å²) in [5, 5.41) is 6.14. The highest BCUT2D eigenvalue weighted by atomic mass is 79.9. The molecule has 0 spiro atoms. The number of halogens is 2. The van der Waals surface area contributed by atoms with Crippen molar-refractivity contribution >= 4 is 84.9 Å². The molecule has 5 aromatic rings. The number of hydrogen-bond donors (Lipinski definition) is 0. The van der Waals surface area contributed by atoms with Gasteiger partial charge in [-0.2, -0.15) is 0 Å². The number of fused-ring (bicyclic) bond motifs is 4. The Hall–Kier alpha value is -1.75. The predicted octanol–water partition coefficient (Wildman–Crippen LogP) is 7.55. The standard InChI is InChI=1S/C22H12Br2OS/c1-11-2-5-20-16(6-11)22(25)17-9-12-7-14-15(19(24)4-3-18(14)23)8-13(12)10-21(17)26-20/h2-10H,1H3. The van der Waals surface area contributed by atoms with Gasteiger partial charge in [-0.25, -0.2) is 0 Å². The molecule has 0 N–H and O–H groups in total. The van der Waals surface area contributed by atoms with Crippen LogP contribution in [-0.4, -0.2) is 0 Å². The molecule has 0 bridgehead atoms. The lowest BCUT2D eigenvalue weighted by molar-refractivity contribution is 1.51. The molecule has 0 saturated carbocycles. The number of aryl methyl sites for hydroxylation is 1. The molecular weight excluding hydrogens is 472 g/mol. The average Bonchev–Trinajstić information content (AvgIpc) is 2.63. The van der Waals surface area contributed by atoms with E-state index in [0.717, 1.165) is 56.2 Å². The summed E-state index contributed by atoms with van der Waals surface area (Å²) >= 11 is 8.97. The van der Waals surface area contributed by atoms with Crippen LogP contribution in [0.5, 0.6) is 0 Å². The Morgan fingerprint density at radius 1 is 0.692 bits per heavy atom. The van der Waals surface area contributed by atoms with Crippen LogP contribution in [0, 0.1) is 6.92 Å². The van der Waals surface area contributed by atoms with Crippen LogP contribution < -0.4 is 5.43 Å². The lowest BCUT2D eigenvalue weighted by Crippen LogP contribution is -2.01. The number of rotatable bonds is 0. The van der Waals surface area contributed by atoms with Crippen LogP contribution in [0.25, 0.3) is 41.7 Å². The molecule has 4 heteroatoms. The second-order valence-corrected chi connectivity index (χ2v) is 9.35. The van der Waals surface area contributed by atoms with Gasteiger partial charge >= 0.3 is 0 Å². The van der Waals surface area contributed by atoms with Crippen molar-refractivity contribution in [2.45, 2.75) is 6.92 Å². The molecule has 1 nitrogen and oxygen atoms in total. The zero-order valence-electron chi connectivity index (χ0n) is 13.8. The van der Waals surface area contributed by atoms with Crippen LogP contribution in [0.4, 0.5) is 0 Å². The predicted molar refractivity (Wildman–Crippen MR) is 121 cm³/mol. The summed E-state index contributed by atoms with van der Waals surface area (Å²) in [5.41, 5.74) is 1.23. The summed E-state index contributed by atoms with van der Waals surface area (Å²) in [7, 11) is 0. The van der Waals surface area contributed by atoms with Gasteiger partial charge in [0.1, 0.15) is 0 Å². The third-order valence-electron chi connectivity index (χ3n) is 4.81. The maximum Gasteiger partial charge on any atom is 0.195 e. The molecule has 1 heterocycles. The fraction of sp³-hybridized carbons (Fsp3) is 0.0455. The summed E-state index contributed by atoms with van der Waals surface area (Å²) in [6.07, 6.45) is 0. The molecule has 0 unspecified atom stereocenters. The molecule has 0 aliphatic carbocycles. The molecule has 4 aromatic carbocycles. The van der Waals surface area contributed by atoms with Gasteiger partial charge in [0, 0.05) is 29.1 Å². The molecule has 0 fully saturated rings. The van der Waals surface area contributed by atoms with Crippen molar-refractivity contribution in [1.82, 2.24) is 0 Å². The molecule has 5 rings (SSSR count). The van der Waals surface area contributed by atoms with Crippen LogP contribution >= 0.6 is 43.2 Å². The first-order chi connectivity index (χ1) is 12.5. The Labute approximate surface area is 170 Å². The Kier molecular flexibility index (Phi) is 3.71. The smallest absolute Gasteiger partial charge is 0.195 e. The Morgan fingerprint density at radius 3 is 1.96 bits per heavy atom. The molecule has 0 amide bonds. The highest BCUT2D eigenvalue weighted by molar-refractivity contribution is 9.11. The fourth-order valence-corrected chi connectivity index (χ4v) is 5.49. The molecule has 0 aliphatic rings. The summed E-state index contributed by atoms with van der Waals surface area (Å²) < 4.78 is 4.19. The van der Waals surface area contributed by atoms with Crippen LogP contribution in [0.2, 0.25) is 0 Å². The first kappa shape index (κ1) is 16.4. The lowest BCUT2D eigenvalue weighted by atomic mass is 10.0. The zero-order valence-corrected chi connectivity index (χ0v) is 17.8. The van der Waals surface area contributed by atoms with E-state index in [0.29, 0.717) is 0 Å². The minimum atomic E-state index is 0.118. The minimum absolute atomic E-state index is 0.118. The van der Waals surface area contributed by atoms with Gasteiger partial charge < -0.3 is 0 Å². The first-order valence-electron chi connectivity index (χ1n) is 8.20. The maximum atomic E-state index is 13.1. The average molecular weight is 484 g/mol. The van der Waals surface area contributed by atoms with Gasteiger partial charge in [-0.1, -0.05) is 43.5 Å². The largest absolute Gasteiger partial charge is 0.289 e. The quantitative estimate of drug-likeness (QED) is 0.208. The topological polar surface area (TPSA) is 17.1 Å². The van der Waals surface area contributed by atoms with Crippen molar-refractivity contribution in [3.63, 3.8) is 0 Å². The van der Waals surface area contributed by atoms with Gasteiger partial charge in [0.25, 0.3) is 0 Å². The molecule has 0 atom stereocenters. The van der Waals surface area contributed by atoms with E-state index < -0.39 is 0 Å². The van der Waals surface area contributed by atoms with E-state index in [2.05, 4.69) is 62.2 Å². The van der Waals surface area contributed by atoms with E-state index in [1.807, 2.05) is 31.2 Å². The normalized spacial score (nSPS) is 11.8. The third kappa shape index (κ3) is 2.43. The van der Waals surface area contributed by atoms with E-state index >= 15 is 0 Å². The van der Waals surface area contributed by atoms with Crippen molar-refractivity contribution in [1.29, 1.82) is 0 Å². The van der Waals surface area contributed by atoms with Gasteiger partial charge in [0.15, 0.2) is 5.43 Å². The van der Waals surface area contributed by atoms with Crippen LogP contribution in [-0.2, 0) is 0 Å². The number of hydrogen-bond acceptors (Lipinski definition) is 2. The minimum Gasteiger partial charge on any atom is -0.289 e. The SMILES string of the molecule is Cc1ccc2sc3cc4cc5c(Br)ccc(Br)c5cc4cc3c(=O)c2c1. The summed E-state index contributed by atoms with van der Waals surface area (Å²) in [4.78, 5) is 13.1. The lowest BCUT2D eigenvalue weighted by Gasteiger charge is -2.08. The van der Waals surface area contributed by atoms with Crippen molar-refractivity contribution in [2.75, 3.05) is 0 Å². The monoisotopic (exact) mass is 482 g/mol. The number of benzene rings is 4. The van der Waals surface area contributed by atoms with Gasteiger partial charge in [-0.3, -0.25) is 4.79 Å². The molecule has 1 aromatic heterocycles. The van der Waals surface area contributed by atoms with E-state index in [1.54, 1.807) is 11.3 Å². The van der Waals surface area contributed by atoms with Crippen molar-refractivity contribution < 1.29 is 0 Å². The van der Waals surface area contributed by atoms with Crippen molar-refractivity contribution in [3.8, 4) is 0 Å². The third-order valence-corrected chi connectivity index (χ3v) is 7.33. The Bertz CT molecular complexity index is 1430. The highest BCUT2D eigenvalue weighted by Crippen LogP contribution is 2.36. The van der Waals surface area contributed by atoms with Crippen LogP contribution in [0.3, 0.4) is 0 Å². The van der Waals surface area contributed by atoms with Crippen LogP contribution in [0.1, 0.15) is 5.56 Å². The van der Waals surface area contributed by atoms with E-state index in [1.165, 1.54) is 0 Å². The second kappa shape index (κ2) is 5.88. The van der Waals surface area contributed by atoms with E-state index in [-0.39, 0.29) is 5.43 Å². The first-order valence-corrected chi connectivity index (χ1v) is 10.6. The molecular formula is C22H12Br2OS. The highest BCUT2D eigenvalue weighted by Gasteiger charge is 2.10. The van der Waals surface area contributed by atoms with Crippen molar-refractivity contribution in [3.05, 3.63) is 79.3 Å². The summed E-state index contributed by atoms with van der Waals surface area (Å²) in [6.45, 7) is 2.02. The summed E-state index contributed by atoms with van der Waals surface area (Å²) in [6, 6.07) is 18.7. The van der Waals surface area contributed by atoms with E-state index in [4.69, 9.17) is 0 Å². The van der Waals surface area contributed by atoms with Crippen LogP contribution in [0.15, 0.2) is 68.3 Å². The fourth-order valence-electron chi connectivity index (χ4n) is 3.49. The maximum absolute atomic E-state index is 13.1.